The number of imide groups is 2. The van der Waals surface area contributed by atoms with Gasteiger partial charge in [0.15, 0.2) is 5.78 Å². The Labute approximate surface area is 163 Å². The molecule has 6 nitrogen and oxygen atoms in total. The van der Waals surface area contributed by atoms with Crippen LogP contribution in [0.5, 0.6) is 0 Å². The lowest BCUT2D eigenvalue weighted by molar-refractivity contribution is -0.148. The first-order valence-corrected chi connectivity index (χ1v) is 9.05. The zero-order valence-corrected chi connectivity index (χ0v) is 16.1. The number of carbonyl (C=O) groups excluding carboxylic acids is 4. The third-order valence-electron chi connectivity index (χ3n) is 5.14. The van der Waals surface area contributed by atoms with E-state index in [-0.39, 0.29) is 12.2 Å². The number of ketones is 1. The number of carbonyl (C=O) groups is 4. The van der Waals surface area contributed by atoms with Crippen LogP contribution in [-0.4, -0.2) is 47.5 Å². The Kier molecular flexibility index (Phi) is 5.40. The number of nitrogens with zero attached hydrogens (tertiary/aromatic N) is 2. The van der Waals surface area contributed by atoms with E-state index in [0.29, 0.717) is 5.56 Å². The number of rotatable bonds is 5. The van der Waals surface area contributed by atoms with Crippen molar-refractivity contribution in [2.75, 3.05) is 14.1 Å². The minimum atomic E-state index is -1.12. The highest BCUT2D eigenvalue weighted by molar-refractivity contribution is 6.16. The van der Waals surface area contributed by atoms with Gasteiger partial charge in [-0.3, -0.25) is 24.2 Å². The van der Waals surface area contributed by atoms with Crippen molar-refractivity contribution < 1.29 is 19.2 Å². The van der Waals surface area contributed by atoms with Gasteiger partial charge < -0.3 is 0 Å². The van der Waals surface area contributed by atoms with Gasteiger partial charge in [0.2, 0.25) is 11.8 Å². The first-order chi connectivity index (χ1) is 13.3. The maximum Gasteiger partial charge on any atom is 0.332 e. The minimum Gasteiger partial charge on any atom is -0.294 e. The monoisotopic (exact) mass is 378 g/mol. The van der Waals surface area contributed by atoms with E-state index in [1.807, 2.05) is 37.3 Å². The number of aryl methyl sites for hydroxylation is 1. The molecule has 1 fully saturated rings. The molecular weight excluding hydrogens is 356 g/mol. The van der Waals surface area contributed by atoms with Gasteiger partial charge >= 0.3 is 6.03 Å². The van der Waals surface area contributed by atoms with E-state index in [0.717, 1.165) is 20.9 Å². The number of barbiturate groups is 1. The molecule has 28 heavy (non-hydrogen) atoms. The molecule has 1 atom stereocenters. The molecule has 0 radical (unpaired) electrons. The van der Waals surface area contributed by atoms with Crippen LogP contribution < -0.4 is 0 Å². The predicted molar refractivity (Wildman–Crippen MR) is 104 cm³/mol. The third kappa shape index (κ3) is 3.58. The van der Waals surface area contributed by atoms with Gasteiger partial charge in [-0.05, 0) is 12.5 Å². The summed E-state index contributed by atoms with van der Waals surface area (Å²) in [7, 11) is 2.71. The van der Waals surface area contributed by atoms with E-state index >= 15 is 0 Å². The Morgan fingerprint density at radius 3 is 2.11 bits per heavy atom. The fraction of sp³-hybridized carbons (Fsp3) is 0.273. The molecule has 0 aromatic heterocycles. The Bertz CT molecular complexity index is 915. The van der Waals surface area contributed by atoms with Crippen LogP contribution in [0.3, 0.4) is 0 Å². The largest absolute Gasteiger partial charge is 0.332 e. The summed E-state index contributed by atoms with van der Waals surface area (Å²) >= 11 is 0. The van der Waals surface area contributed by atoms with Gasteiger partial charge in [-0.15, -0.1) is 0 Å². The maximum atomic E-state index is 12.9. The van der Waals surface area contributed by atoms with E-state index in [1.165, 1.54) is 14.1 Å². The molecule has 3 rings (SSSR count). The van der Waals surface area contributed by atoms with Crippen LogP contribution in [0.4, 0.5) is 4.79 Å². The summed E-state index contributed by atoms with van der Waals surface area (Å²) in [5.41, 5.74) is 2.21. The summed E-state index contributed by atoms with van der Waals surface area (Å²) in [5, 5.41) is 0. The van der Waals surface area contributed by atoms with Crippen LogP contribution in [0.15, 0.2) is 54.6 Å². The maximum absolute atomic E-state index is 12.9. The van der Waals surface area contributed by atoms with Crippen LogP contribution in [-0.2, 0) is 9.59 Å². The summed E-state index contributed by atoms with van der Waals surface area (Å²) < 4.78 is 0. The predicted octanol–water partition coefficient (Wildman–Crippen LogP) is 3.02. The van der Waals surface area contributed by atoms with Crippen LogP contribution >= 0.6 is 0 Å². The molecule has 1 heterocycles. The van der Waals surface area contributed by atoms with Crippen molar-refractivity contribution >= 4 is 23.6 Å². The summed E-state index contributed by atoms with van der Waals surface area (Å²) in [5.74, 6) is -3.11. The number of hydrogen-bond acceptors (Lipinski definition) is 4. The Morgan fingerprint density at radius 2 is 1.54 bits per heavy atom. The van der Waals surface area contributed by atoms with Crippen molar-refractivity contribution in [2.45, 2.75) is 19.3 Å². The Hall–Kier alpha value is -3.28. The SMILES string of the molecule is Cc1cccc(C(CC(=O)c2ccccc2)C2C(=O)N(C)C(=O)N(C)C2=O)c1. The molecule has 0 saturated carbocycles. The lowest BCUT2D eigenvalue weighted by Gasteiger charge is -2.36. The van der Waals surface area contributed by atoms with E-state index in [4.69, 9.17) is 0 Å². The van der Waals surface area contributed by atoms with Gasteiger partial charge in [-0.25, -0.2) is 4.79 Å². The Morgan fingerprint density at radius 1 is 0.929 bits per heavy atom. The minimum absolute atomic E-state index is 0.00845. The van der Waals surface area contributed by atoms with Gasteiger partial charge in [0.1, 0.15) is 5.92 Å². The van der Waals surface area contributed by atoms with Gasteiger partial charge in [0.05, 0.1) is 0 Å². The summed E-state index contributed by atoms with van der Waals surface area (Å²) in [6.07, 6.45) is -0.00845. The second-order valence-corrected chi connectivity index (χ2v) is 7.07. The molecule has 144 valence electrons. The van der Waals surface area contributed by atoms with Crippen molar-refractivity contribution in [3.05, 3.63) is 71.3 Å². The van der Waals surface area contributed by atoms with Gasteiger partial charge in [0, 0.05) is 32.0 Å². The van der Waals surface area contributed by atoms with Gasteiger partial charge in [0.25, 0.3) is 0 Å². The zero-order chi connectivity index (χ0) is 20.4. The molecule has 1 aliphatic rings. The fourth-order valence-corrected chi connectivity index (χ4v) is 3.55. The van der Waals surface area contributed by atoms with Crippen molar-refractivity contribution in [2.24, 2.45) is 5.92 Å². The highest BCUT2D eigenvalue weighted by atomic mass is 16.2. The van der Waals surface area contributed by atoms with Crippen LogP contribution in [0.1, 0.15) is 33.8 Å². The molecule has 1 saturated heterocycles. The second-order valence-electron chi connectivity index (χ2n) is 7.07. The lowest BCUT2D eigenvalue weighted by atomic mass is 9.79. The molecular formula is C22H22N2O4. The first kappa shape index (κ1) is 19.5. The van der Waals surface area contributed by atoms with E-state index in [2.05, 4.69) is 0 Å². The number of hydrogen-bond donors (Lipinski definition) is 0. The molecule has 0 bridgehead atoms. The average Bonchev–Trinajstić information content (AvgIpc) is 2.70. The standard InChI is InChI=1S/C22H22N2O4/c1-14-8-7-11-16(12-14)17(13-18(25)15-9-5-4-6-10-15)19-20(26)23(2)22(28)24(3)21(19)27/h4-12,17,19H,13H2,1-3H3. The fourth-order valence-electron chi connectivity index (χ4n) is 3.55. The molecule has 0 spiro atoms. The number of benzene rings is 2. The van der Waals surface area contributed by atoms with Crippen LogP contribution in [0.2, 0.25) is 0 Å². The molecule has 2 aromatic rings. The smallest absolute Gasteiger partial charge is 0.294 e. The highest BCUT2D eigenvalue weighted by Crippen LogP contribution is 2.35. The van der Waals surface area contributed by atoms with E-state index < -0.39 is 29.7 Å². The molecule has 1 aliphatic heterocycles. The van der Waals surface area contributed by atoms with E-state index in [9.17, 15) is 19.2 Å². The number of Topliss-reactive ketones (excluding diaryl/α,β-unsaturated/α-hetero) is 1. The van der Waals surface area contributed by atoms with Crippen LogP contribution in [0, 0.1) is 12.8 Å². The summed E-state index contributed by atoms with van der Waals surface area (Å²) in [6, 6.07) is 15.5. The molecule has 0 aliphatic carbocycles. The van der Waals surface area contributed by atoms with Crippen LogP contribution in [0.25, 0.3) is 0 Å². The normalized spacial score (nSPS) is 16.5. The summed E-state index contributed by atoms with van der Waals surface area (Å²) in [6.45, 7) is 1.91. The topological polar surface area (TPSA) is 74.8 Å². The van der Waals surface area contributed by atoms with Crippen molar-refractivity contribution in [1.29, 1.82) is 0 Å². The van der Waals surface area contributed by atoms with Gasteiger partial charge in [-0.2, -0.15) is 0 Å². The second kappa shape index (κ2) is 7.76. The highest BCUT2D eigenvalue weighted by Gasteiger charge is 2.47. The Balaban J connectivity index is 2.03. The average molecular weight is 378 g/mol. The molecule has 1 unspecified atom stereocenters. The molecule has 4 amide bonds. The number of urea groups is 1. The van der Waals surface area contributed by atoms with Crippen molar-refractivity contribution in [3.8, 4) is 0 Å². The molecule has 6 heteroatoms. The first-order valence-electron chi connectivity index (χ1n) is 9.05. The molecule has 0 N–H and O–H groups in total. The van der Waals surface area contributed by atoms with Gasteiger partial charge in [-0.1, -0.05) is 60.2 Å². The lowest BCUT2D eigenvalue weighted by Crippen LogP contribution is -2.58. The molecule has 2 aromatic carbocycles. The zero-order valence-electron chi connectivity index (χ0n) is 16.1. The summed E-state index contributed by atoms with van der Waals surface area (Å²) in [4.78, 5) is 52.6. The quantitative estimate of drug-likeness (QED) is 0.592. The van der Waals surface area contributed by atoms with E-state index in [1.54, 1.807) is 24.3 Å². The third-order valence-corrected chi connectivity index (χ3v) is 5.14. The van der Waals surface area contributed by atoms with Crippen molar-refractivity contribution in [1.82, 2.24) is 9.80 Å². The number of amides is 4. The van der Waals surface area contributed by atoms with Crippen molar-refractivity contribution in [3.63, 3.8) is 0 Å².